The Kier molecular flexibility index (Phi) is 8.17. The van der Waals surface area contributed by atoms with Crippen LogP contribution in [0.1, 0.15) is 0 Å². The third-order valence-electron chi connectivity index (χ3n) is 12.2. The van der Waals surface area contributed by atoms with Gasteiger partial charge >= 0.3 is 0 Å². The van der Waals surface area contributed by atoms with E-state index in [0.29, 0.717) is 5.82 Å². The molecule has 0 amide bonds. The first-order chi connectivity index (χ1) is 30.2. The lowest BCUT2D eigenvalue weighted by Gasteiger charge is -2.15. The van der Waals surface area contributed by atoms with Crippen molar-refractivity contribution in [1.29, 1.82) is 0 Å². The molecule has 3 heteroatoms. The summed E-state index contributed by atoms with van der Waals surface area (Å²) in [5.41, 5.74) is 13.3. The maximum atomic E-state index is 5.29. The van der Waals surface area contributed by atoms with Crippen LogP contribution in [0.2, 0.25) is 0 Å². The Balaban J connectivity index is 0.965. The third kappa shape index (κ3) is 5.90. The van der Waals surface area contributed by atoms with Gasteiger partial charge in [0.25, 0.3) is 0 Å². The maximum absolute atomic E-state index is 5.29. The highest BCUT2D eigenvalue weighted by Crippen LogP contribution is 2.41. The zero-order valence-corrected chi connectivity index (χ0v) is 33.2. The summed E-state index contributed by atoms with van der Waals surface area (Å²) in [5, 5.41) is 9.65. The van der Waals surface area contributed by atoms with Crippen molar-refractivity contribution in [2.24, 2.45) is 0 Å². The van der Waals surface area contributed by atoms with E-state index in [-0.39, 0.29) is 0 Å². The molecule has 0 saturated carbocycles. The molecule has 0 aliphatic heterocycles. The monoisotopic (exact) mass is 775 g/mol. The first-order valence-corrected chi connectivity index (χ1v) is 20.8. The normalized spacial score (nSPS) is 11.6. The minimum Gasteiger partial charge on any atom is -0.309 e. The predicted octanol–water partition coefficient (Wildman–Crippen LogP) is 15.4. The number of aromatic nitrogens is 3. The number of benzene rings is 10. The summed E-state index contributed by atoms with van der Waals surface area (Å²) in [4.78, 5) is 10.6. The van der Waals surface area contributed by atoms with Gasteiger partial charge in [-0.3, -0.25) is 0 Å². The highest BCUT2D eigenvalue weighted by atomic mass is 15.0. The molecule has 0 saturated heterocycles. The molecule has 2 aromatic heterocycles. The van der Waals surface area contributed by atoms with Gasteiger partial charge in [0.2, 0.25) is 0 Å². The fourth-order valence-corrected chi connectivity index (χ4v) is 9.33. The number of para-hydroxylation sites is 2. The molecule has 2 heterocycles. The van der Waals surface area contributed by atoms with Gasteiger partial charge in [0, 0.05) is 33.2 Å². The molecule has 0 bridgehead atoms. The van der Waals surface area contributed by atoms with Gasteiger partial charge in [0.1, 0.15) is 0 Å². The van der Waals surface area contributed by atoms with E-state index in [4.69, 9.17) is 9.97 Å². The predicted molar refractivity (Wildman–Crippen MR) is 256 cm³/mol. The third-order valence-corrected chi connectivity index (χ3v) is 12.2. The van der Waals surface area contributed by atoms with Gasteiger partial charge < -0.3 is 4.57 Å². The van der Waals surface area contributed by atoms with E-state index in [2.05, 4.69) is 223 Å². The molecule has 284 valence electrons. The molecule has 3 nitrogen and oxygen atoms in total. The van der Waals surface area contributed by atoms with E-state index in [0.717, 1.165) is 33.5 Å². The van der Waals surface area contributed by atoms with E-state index in [1.165, 1.54) is 76.7 Å². The lowest BCUT2D eigenvalue weighted by atomic mass is 9.92. The number of fused-ring (bicyclic) bond motifs is 7. The molecule has 10 aromatic carbocycles. The molecule has 12 rings (SSSR count). The topological polar surface area (TPSA) is 30.7 Å². The van der Waals surface area contributed by atoms with Crippen molar-refractivity contribution < 1.29 is 0 Å². The summed E-state index contributed by atoms with van der Waals surface area (Å²) in [6.45, 7) is 0. The summed E-state index contributed by atoms with van der Waals surface area (Å²) in [6, 6.07) is 80.5. The molecule has 0 fully saturated rings. The average Bonchev–Trinajstić information content (AvgIpc) is 3.67. The number of hydrogen-bond acceptors (Lipinski definition) is 2. The van der Waals surface area contributed by atoms with E-state index in [9.17, 15) is 0 Å². The minimum absolute atomic E-state index is 0.705. The Morgan fingerprint density at radius 2 is 0.803 bits per heavy atom. The van der Waals surface area contributed by atoms with Crippen LogP contribution in [0.5, 0.6) is 0 Å². The second-order valence-corrected chi connectivity index (χ2v) is 15.7. The van der Waals surface area contributed by atoms with Crippen LogP contribution in [0.15, 0.2) is 224 Å². The van der Waals surface area contributed by atoms with E-state index >= 15 is 0 Å². The van der Waals surface area contributed by atoms with Gasteiger partial charge in [-0.25, -0.2) is 9.97 Å². The minimum atomic E-state index is 0.705. The van der Waals surface area contributed by atoms with Gasteiger partial charge in [-0.1, -0.05) is 182 Å². The second-order valence-electron chi connectivity index (χ2n) is 15.7. The smallest absolute Gasteiger partial charge is 0.160 e. The molecule has 0 N–H and O–H groups in total. The number of nitrogens with zero attached hydrogens (tertiary/aromatic N) is 3. The van der Waals surface area contributed by atoms with Crippen molar-refractivity contribution in [3.8, 4) is 61.8 Å². The van der Waals surface area contributed by atoms with Crippen molar-refractivity contribution in [2.75, 3.05) is 0 Å². The first-order valence-electron chi connectivity index (χ1n) is 20.8. The maximum Gasteiger partial charge on any atom is 0.160 e. The standard InChI is InChI=1S/C58H37N3/c1-3-15-40(16-4-1)58-59-54(37-55(60-58)52-36-42-17-7-8-20-44(42)46-21-10-12-24-49(46)52)50-33-32-45(47-22-9-11-23-48(47)50)39-29-27-38(28-30-39)41-31-34-57-53(35-41)51-25-13-14-26-56(51)61(57)43-18-5-2-6-19-43/h1-37H. The summed E-state index contributed by atoms with van der Waals surface area (Å²) in [6.07, 6.45) is 0. The van der Waals surface area contributed by atoms with Gasteiger partial charge in [-0.05, 0) is 97.0 Å². The summed E-state index contributed by atoms with van der Waals surface area (Å²) in [5.74, 6) is 0.705. The first kappa shape index (κ1) is 34.9. The Bertz CT molecular complexity index is 3620. The molecule has 0 unspecified atom stereocenters. The van der Waals surface area contributed by atoms with Crippen LogP contribution in [-0.2, 0) is 0 Å². The quantitative estimate of drug-likeness (QED) is 0.158. The lowest BCUT2D eigenvalue weighted by molar-refractivity contribution is 1.18. The fourth-order valence-electron chi connectivity index (χ4n) is 9.33. The Morgan fingerprint density at radius 3 is 1.56 bits per heavy atom. The summed E-state index contributed by atoms with van der Waals surface area (Å²) in [7, 11) is 0. The van der Waals surface area contributed by atoms with Gasteiger partial charge in [-0.15, -0.1) is 0 Å². The van der Waals surface area contributed by atoms with Crippen molar-refractivity contribution in [3.05, 3.63) is 224 Å². The molecule has 0 aliphatic rings. The van der Waals surface area contributed by atoms with Crippen LogP contribution >= 0.6 is 0 Å². The molecule has 0 spiro atoms. The highest BCUT2D eigenvalue weighted by molar-refractivity contribution is 6.14. The fraction of sp³-hybridized carbons (Fsp3) is 0. The van der Waals surface area contributed by atoms with Crippen LogP contribution in [0.3, 0.4) is 0 Å². The Morgan fingerprint density at radius 1 is 0.279 bits per heavy atom. The molecule has 0 radical (unpaired) electrons. The molecular formula is C58H37N3. The SMILES string of the molecule is c1ccc(-c2nc(-c3ccc(-c4ccc(-c5ccc6c(c5)c5ccccc5n6-c5ccccc5)cc4)c4ccccc34)cc(-c3cc4ccccc4c4ccccc34)n2)cc1. The lowest BCUT2D eigenvalue weighted by Crippen LogP contribution is -1.97. The van der Waals surface area contributed by atoms with Gasteiger partial charge in [0.15, 0.2) is 5.82 Å². The largest absolute Gasteiger partial charge is 0.309 e. The molecule has 12 aromatic rings. The van der Waals surface area contributed by atoms with Crippen molar-refractivity contribution in [1.82, 2.24) is 14.5 Å². The average molecular weight is 776 g/mol. The molecule has 0 aliphatic carbocycles. The van der Waals surface area contributed by atoms with E-state index < -0.39 is 0 Å². The highest BCUT2D eigenvalue weighted by Gasteiger charge is 2.18. The van der Waals surface area contributed by atoms with Crippen LogP contribution < -0.4 is 0 Å². The molecule has 0 atom stereocenters. The van der Waals surface area contributed by atoms with Crippen LogP contribution in [-0.4, -0.2) is 14.5 Å². The zero-order chi connectivity index (χ0) is 40.3. The number of rotatable bonds is 6. The van der Waals surface area contributed by atoms with Crippen LogP contribution in [0.25, 0.3) is 116 Å². The Labute approximate surface area is 353 Å². The van der Waals surface area contributed by atoms with Crippen molar-refractivity contribution in [3.63, 3.8) is 0 Å². The van der Waals surface area contributed by atoms with E-state index in [1.54, 1.807) is 0 Å². The second kappa shape index (κ2) is 14.3. The van der Waals surface area contributed by atoms with Crippen LogP contribution in [0.4, 0.5) is 0 Å². The van der Waals surface area contributed by atoms with Crippen molar-refractivity contribution in [2.45, 2.75) is 0 Å². The number of hydrogen-bond donors (Lipinski definition) is 0. The van der Waals surface area contributed by atoms with Gasteiger partial charge in [0.05, 0.1) is 22.4 Å². The molecule has 61 heavy (non-hydrogen) atoms. The van der Waals surface area contributed by atoms with Gasteiger partial charge in [-0.2, -0.15) is 0 Å². The van der Waals surface area contributed by atoms with Crippen molar-refractivity contribution >= 4 is 54.1 Å². The summed E-state index contributed by atoms with van der Waals surface area (Å²) >= 11 is 0. The van der Waals surface area contributed by atoms with Crippen LogP contribution in [0, 0.1) is 0 Å². The van der Waals surface area contributed by atoms with E-state index in [1.807, 2.05) is 6.07 Å². The molecular weight excluding hydrogens is 739 g/mol. The Hall–Kier alpha value is -8.14. The zero-order valence-electron chi connectivity index (χ0n) is 33.2. The summed E-state index contributed by atoms with van der Waals surface area (Å²) < 4.78 is 2.36.